The standard InChI is InChI=1S/C77H133N19O19/c1-16-45(13)63(73(111)83-37-57(99)82-38-58(100)85-52(65(81)103)33-40(3)4)95-75(113)62(44(11)12)94-72(110)55(39-97)91-66(104)47(15)84-74(112)60(42(7)8)92-68(106)50(28-22-24-32-79)87-67(105)49(27-21-23-31-78)89-77(115)64(46(14)17-2)96-76(114)61(43(9)10)93-69(107)51(29-30-59(101)102)88-71(109)54(35-48-25-19-18-20-26-48)90-70(108)53(34-41(5)6)86-56(98)36-80/h18-20,25-26,40-47,49-55,60-64,97H,16-17,21-24,27-39,78-80H2,1-15H3,(H2,81,103)(H,82,99)(H,83,111)(H,84,112)(H,85,100)(H,86,98)(H,87,105)(H,88,109)(H,89,115)(H,90,108)(H,91,104)(H,92,106)(H,93,107)(H,94,110)(H,95,113)(H,96,114)(H,101,102)/t45-,46-,47-,49-,50-,51-,52-,53-,54-,55-,60-,61-,62-,63-,64-/m0/s1. The van der Waals surface area contributed by atoms with Gasteiger partial charge >= 0.3 is 5.97 Å². The van der Waals surface area contributed by atoms with Crippen LogP contribution in [0, 0.1) is 41.4 Å². The van der Waals surface area contributed by atoms with Gasteiger partial charge < -0.3 is 113 Å². The van der Waals surface area contributed by atoms with E-state index >= 15 is 0 Å². The first-order valence-corrected chi connectivity index (χ1v) is 39.7. The van der Waals surface area contributed by atoms with Crippen LogP contribution in [0.2, 0.25) is 0 Å². The summed E-state index contributed by atoms with van der Waals surface area (Å²) in [4.78, 5) is 231. The number of amides is 16. The van der Waals surface area contributed by atoms with Crippen molar-refractivity contribution in [3.63, 3.8) is 0 Å². The lowest BCUT2D eigenvalue weighted by molar-refractivity contribution is -0.139. The van der Waals surface area contributed by atoms with Gasteiger partial charge in [0.2, 0.25) is 94.5 Å². The second-order valence-corrected chi connectivity index (χ2v) is 30.9. The highest BCUT2D eigenvalue weighted by atomic mass is 16.4. The highest BCUT2D eigenvalue weighted by molar-refractivity contribution is 6.00. The summed E-state index contributed by atoms with van der Waals surface area (Å²) < 4.78 is 0. The molecule has 0 aliphatic heterocycles. The van der Waals surface area contributed by atoms with Gasteiger partial charge in [0, 0.05) is 12.8 Å². The van der Waals surface area contributed by atoms with Gasteiger partial charge in [-0.15, -0.1) is 0 Å². The molecule has 38 heteroatoms. The fourth-order valence-electron chi connectivity index (χ4n) is 11.8. The summed E-state index contributed by atoms with van der Waals surface area (Å²) in [6.07, 6.45) is 1.17. The van der Waals surface area contributed by atoms with Crippen LogP contribution in [0.4, 0.5) is 0 Å². The fourth-order valence-corrected chi connectivity index (χ4v) is 11.8. The van der Waals surface area contributed by atoms with E-state index in [-0.39, 0.29) is 76.3 Å². The van der Waals surface area contributed by atoms with E-state index in [1.165, 1.54) is 6.92 Å². The Balaban J connectivity index is 3.46. The van der Waals surface area contributed by atoms with E-state index in [4.69, 9.17) is 22.9 Å². The number of unbranched alkanes of at least 4 members (excludes halogenated alkanes) is 2. The van der Waals surface area contributed by atoms with E-state index in [0.717, 1.165) is 0 Å². The molecule has 1 aromatic rings. The summed E-state index contributed by atoms with van der Waals surface area (Å²) in [5.74, 6) is -18.0. The monoisotopic (exact) mass is 1630 g/mol. The summed E-state index contributed by atoms with van der Waals surface area (Å²) in [6, 6.07) is -9.26. The number of carbonyl (C=O) groups is 17. The van der Waals surface area contributed by atoms with Crippen LogP contribution in [0.15, 0.2) is 30.3 Å². The molecule has 25 N–H and O–H groups in total. The van der Waals surface area contributed by atoms with Gasteiger partial charge in [0.25, 0.3) is 0 Å². The van der Waals surface area contributed by atoms with E-state index in [9.17, 15) is 91.7 Å². The molecule has 0 heterocycles. The smallest absolute Gasteiger partial charge is 0.303 e. The topological polar surface area (TPSA) is 615 Å². The lowest BCUT2D eigenvalue weighted by Crippen LogP contribution is -2.62. The highest BCUT2D eigenvalue weighted by Crippen LogP contribution is 2.17. The molecule has 0 spiro atoms. The molecular formula is C77H133N19O19. The molecule has 1 aromatic carbocycles. The van der Waals surface area contributed by atoms with Gasteiger partial charge in [-0.2, -0.15) is 0 Å². The minimum Gasteiger partial charge on any atom is -0.481 e. The van der Waals surface area contributed by atoms with Crippen molar-refractivity contribution in [2.75, 3.05) is 39.3 Å². The van der Waals surface area contributed by atoms with E-state index in [0.29, 0.717) is 24.8 Å². The van der Waals surface area contributed by atoms with Gasteiger partial charge in [0.05, 0.1) is 26.2 Å². The maximum absolute atomic E-state index is 14.7. The molecule has 650 valence electrons. The number of aliphatic hydroxyl groups is 1. The van der Waals surface area contributed by atoms with Crippen LogP contribution in [-0.2, 0) is 87.9 Å². The molecular weight excluding hydrogens is 1490 g/mol. The molecule has 15 atom stereocenters. The van der Waals surface area contributed by atoms with E-state index in [1.807, 2.05) is 27.7 Å². The van der Waals surface area contributed by atoms with Gasteiger partial charge in [-0.05, 0) is 125 Å². The normalized spacial score (nSPS) is 15.2. The lowest BCUT2D eigenvalue weighted by atomic mass is 9.95. The van der Waals surface area contributed by atoms with Gasteiger partial charge in [-0.1, -0.05) is 140 Å². The van der Waals surface area contributed by atoms with Crippen molar-refractivity contribution < 1.29 is 91.7 Å². The van der Waals surface area contributed by atoms with Crippen LogP contribution in [0.1, 0.15) is 186 Å². The highest BCUT2D eigenvalue weighted by Gasteiger charge is 2.40. The molecule has 0 saturated carbocycles. The van der Waals surface area contributed by atoms with E-state index in [1.54, 1.807) is 99.6 Å². The van der Waals surface area contributed by atoms with Gasteiger partial charge in [0.1, 0.15) is 78.5 Å². The summed E-state index contributed by atoms with van der Waals surface area (Å²) in [7, 11) is 0. The van der Waals surface area contributed by atoms with Crippen LogP contribution in [0.5, 0.6) is 0 Å². The average molecular weight is 1630 g/mol. The molecule has 0 fully saturated rings. The number of benzene rings is 1. The van der Waals surface area contributed by atoms with Crippen LogP contribution in [0.25, 0.3) is 0 Å². The number of nitrogens with one attached hydrogen (secondary N) is 15. The predicted molar refractivity (Wildman–Crippen MR) is 427 cm³/mol. The van der Waals surface area contributed by atoms with Crippen molar-refractivity contribution in [2.45, 2.75) is 266 Å². The first-order chi connectivity index (χ1) is 54.0. The van der Waals surface area contributed by atoms with Gasteiger partial charge in [-0.3, -0.25) is 81.5 Å². The number of rotatable bonds is 56. The van der Waals surface area contributed by atoms with Crippen molar-refractivity contribution >= 4 is 100 Å². The van der Waals surface area contributed by atoms with Gasteiger partial charge in [0.15, 0.2) is 0 Å². The van der Waals surface area contributed by atoms with Crippen molar-refractivity contribution in [3.05, 3.63) is 35.9 Å². The molecule has 0 unspecified atom stereocenters. The third kappa shape index (κ3) is 38.8. The Bertz CT molecular complexity index is 3360. The lowest BCUT2D eigenvalue weighted by Gasteiger charge is -2.31. The first kappa shape index (κ1) is 103. The number of hydrogen-bond donors (Lipinski definition) is 21. The molecule has 0 aliphatic rings. The van der Waals surface area contributed by atoms with Crippen molar-refractivity contribution in [3.8, 4) is 0 Å². The minimum absolute atomic E-state index is 0.0226. The van der Waals surface area contributed by atoms with Crippen molar-refractivity contribution in [2.24, 2.45) is 64.4 Å². The maximum atomic E-state index is 14.7. The van der Waals surface area contributed by atoms with Crippen molar-refractivity contribution in [1.82, 2.24) is 79.8 Å². The Morgan fingerprint density at radius 1 is 0.365 bits per heavy atom. The maximum Gasteiger partial charge on any atom is 0.303 e. The molecule has 16 amide bonds. The third-order valence-electron chi connectivity index (χ3n) is 19.0. The molecule has 0 aliphatic carbocycles. The molecule has 38 nitrogen and oxygen atoms in total. The van der Waals surface area contributed by atoms with Gasteiger partial charge in [-0.25, -0.2) is 0 Å². The number of hydrogen-bond acceptors (Lipinski definition) is 21. The molecule has 0 radical (unpaired) electrons. The summed E-state index contributed by atoms with van der Waals surface area (Å²) in [5.41, 5.74) is 23.2. The summed E-state index contributed by atoms with van der Waals surface area (Å²) in [5, 5.41) is 58.6. The number of carbonyl (C=O) groups excluding carboxylic acids is 16. The molecule has 0 aromatic heterocycles. The van der Waals surface area contributed by atoms with E-state index in [2.05, 4.69) is 79.8 Å². The molecule has 0 saturated heterocycles. The second-order valence-electron chi connectivity index (χ2n) is 30.9. The quantitative estimate of drug-likeness (QED) is 0.0281. The summed E-state index contributed by atoms with van der Waals surface area (Å²) >= 11 is 0. The second kappa shape index (κ2) is 54.0. The predicted octanol–water partition coefficient (Wildman–Crippen LogP) is -3.50. The molecule has 115 heavy (non-hydrogen) atoms. The Morgan fingerprint density at radius 3 is 1.16 bits per heavy atom. The minimum atomic E-state index is -1.71. The molecule has 0 bridgehead atoms. The largest absolute Gasteiger partial charge is 0.481 e. The Labute approximate surface area is 674 Å². The first-order valence-electron chi connectivity index (χ1n) is 39.7. The van der Waals surface area contributed by atoms with Crippen molar-refractivity contribution in [1.29, 1.82) is 0 Å². The Hall–Kier alpha value is -9.95. The zero-order valence-electron chi connectivity index (χ0n) is 69.5. The zero-order chi connectivity index (χ0) is 87.5. The van der Waals surface area contributed by atoms with Crippen LogP contribution < -0.4 is 103 Å². The zero-order valence-corrected chi connectivity index (χ0v) is 69.5. The van der Waals surface area contributed by atoms with Crippen LogP contribution in [-0.4, -0.2) is 229 Å². The van der Waals surface area contributed by atoms with Crippen LogP contribution in [0.3, 0.4) is 0 Å². The third-order valence-corrected chi connectivity index (χ3v) is 19.0. The fraction of sp³-hybridized carbons (Fsp3) is 0.701. The van der Waals surface area contributed by atoms with E-state index < -0.39 is 248 Å². The van der Waals surface area contributed by atoms with Crippen LogP contribution >= 0.6 is 0 Å². The SMILES string of the molecule is CC[C@H](C)[C@H](NC(=O)[C@@H](NC(=O)[C@H](CO)NC(=O)[C@H](C)NC(=O)[C@@H](NC(=O)[C@H](CCCCN)NC(=O)[C@H](CCCCN)NC(=O)[C@@H](NC(=O)[C@@H](NC(=O)[C@H](CCC(=O)O)NC(=O)[C@H](Cc1ccccc1)NC(=O)[C@H](CC(C)C)NC(=O)CN)C(C)C)[C@@H](C)CC)C(C)C)C(C)C)C(=O)NCC(=O)NCC(=O)N[C@@H](CC(C)C)C(N)=O. The number of aliphatic hydroxyl groups excluding tert-OH is 1. The average Bonchev–Trinajstić information content (AvgIpc) is 0.814. The number of carboxylic acids is 1. The number of aliphatic carboxylic acids is 1. The Kier molecular flexibility index (Phi) is 48.4. The number of nitrogens with two attached hydrogens (primary N) is 4. The molecule has 1 rings (SSSR count). The Morgan fingerprint density at radius 2 is 0.730 bits per heavy atom. The number of carboxylic acid groups (broad SMARTS) is 1. The summed E-state index contributed by atoms with van der Waals surface area (Å²) in [6.45, 7) is 22.7. The number of primary amides is 1.